The molecular weight excluding hydrogens is 328 g/mol. The van der Waals surface area contributed by atoms with Gasteiger partial charge < -0.3 is 9.73 Å². The molecule has 4 rings (SSSR count). The molecule has 1 amide bonds. The normalized spacial score (nSPS) is 10.7. The fraction of sp³-hybridized carbons (Fsp3) is 0.0500. The number of para-hydroxylation sites is 1. The molecule has 0 bridgehead atoms. The Hall–Kier alpha value is -3.67. The molecule has 2 aromatic carbocycles. The molecule has 1 N–H and O–H groups in total. The highest BCUT2D eigenvalue weighted by Gasteiger charge is 2.24. The molecule has 0 radical (unpaired) electrons. The zero-order valence-electron chi connectivity index (χ0n) is 14.1. The SMILES string of the molecule is Cc1ccc(NC(=O)c2nnn(-c3ccccc3)c2-c2ccco2)cc1. The maximum Gasteiger partial charge on any atom is 0.278 e. The molecule has 0 unspecified atom stereocenters. The number of amides is 1. The number of nitrogens with zero attached hydrogens (tertiary/aromatic N) is 3. The smallest absolute Gasteiger partial charge is 0.278 e. The van der Waals surface area contributed by atoms with Crippen molar-refractivity contribution >= 4 is 11.6 Å². The quantitative estimate of drug-likeness (QED) is 0.605. The van der Waals surface area contributed by atoms with Gasteiger partial charge in [-0.1, -0.05) is 41.1 Å². The molecule has 0 fully saturated rings. The van der Waals surface area contributed by atoms with Crippen LogP contribution in [0.1, 0.15) is 16.1 Å². The minimum absolute atomic E-state index is 0.198. The van der Waals surface area contributed by atoms with Crippen molar-refractivity contribution in [1.29, 1.82) is 0 Å². The molecule has 0 saturated carbocycles. The van der Waals surface area contributed by atoms with Gasteiger partial charge in [0.2, 0.25) is 0 Å². The van der Waals surface area contributed by atoms with E-state index < -0.39 is 0 Å². The number of hydrogen-bond acceptors (Lipinski definition) is 4. The summed E-state index contributed by atoms with van der Waals surface area (Å²) in [5.74, 6) is 0.176. The number of carbonyl (C=O) groups is 1. The number of hydrogen-bond donors (Lipinski definition) is 1. The first-order chi connectivity index (χ1) is 12.7. The lowest BCUT2D eigenvalue weighted by molar-refractivity contribution is 0.102. The van der Waals surface area contributed by atoms with Crippen LogP contribution < -0.4 is 5.32 Å². The average Bonchev–Trinajstić information content (AvgIpc) is 3.33. The molecule has 0 atom stereocenters. The number of furan rings is 1. The summed E-state index contributed by atoms with van der Waals surface area (Å²) in [4.78, 5) is 12.8. The summed E-state index contributed by atoms with van der Waals surface area (Å²) in [5, 5.41) is 11.1. The van der Waals surface area contributed by atoms with Crippen LogP contribution in [0.15, 0.2) is 77.4 Å². The van der Waals surface area contributed by atoms with Gasteiger partial charge in [-0.15, -0.1) is 5.10 Å². The van der Waals surface area contributed by atoms with Crippen molar-refractivity contribution < 1.29 is 9.21 Å². The largest absolute Gasteiger partial charge is 0.463 e. The summed E-state index contributed by atoms with van der Waals surface area (Å²) in [6.07, 6.45) is 1.55. The van der Waals surface area contributed by atoms with Crippen LogP contribution in [0.3, 0.4) is 0 Å². The van der Waals surface area contributed by atoms with Crippen LogP contribution in [0.25, 0.3) is 17.1 Å². The van der Waals surface area contributed by atoms with Gasteiger partial charge >= 0.3 is 0 Å². The van der Waals surface area contributed by atoms with Gasteiger partial charge in [-0.2, -0.15) is 0 Å². The number of benzene rings is 2. The molecular formula is C20H16N4O2. The van der Waals surface area contributed by atoms with E-state index in [4.69, 9.17) is 4.42 Å². The summed E-state index contributed by atoms with van der Waals surface area (Å²) in [6, 6.07) is 20.6. The van der Waals surface area contributed by atoms with Crippen molar-refractivity contribution in [1.82, 2.24) is 15.0 Å². The van der Waals surface area contributed by atoms with Crippen molar-refractivity contribution in [2.45, 2.75) is 6.92 Å². The van der Waals surface area contributed by atoms with Gasteiger partial charge in [-0.05, 0) is 43.3 Å². The molecule has 26 heavy (non-hydrogen) atoms. The second-order valence-electron chi connectivity index (χ2n) is 5.83. The topological polar surface area (TPSA) is 73.0 Å². The van der Waals surface area contributed by atoms with Gasteiger partial charge in [0.05, 0.1) is 12.0 Å². The van der Waals surface area contributed by atoms with Gasteiger partial charge in [-0.25, -0.2) is 4.68 Å². The van der Waals surface area contributed by atoms with E-state index in [1.165, 1.54) is 0 Å². The second kappa shape index (κ2) is 6.68. The van der Waals surface area contributed by atoms with E-state index in [0.29, 0.717) is 17.1 Å². The second-order valence-corrected chi connectivity index (χ2v) is 5.83. The first kappa shape index (κ1) is 15.8. The number of nitrogens with one attached hydrogen (secondary N) is 1. The molecule has 6 nitrogen and oxygen atoms in total. The zero-order valence-corrected chi connectivity index (χ0v) is 14.1. The fourth-order valence-corrected chi connectivity index (χ4v) is 2.65. The Balaban J connectivity index is 1.75. The highest BCUT2D eigenvalue weighted by molar-refractivity contribution is 6.06. The van der Waals surface area contributed by atoms with Gasteiger partial charge in [0.1, 0.15) is 5.69 Å². The Morgan fingerprint density at radius 2 is 1.77 bits per heavy atom. The molecule has 0 spiro atoms. The minimum atomic E-state index is -0.345. The maximum atomic E-state index is 12.8. The summed E-state index contributed by atoms with van der Waals surface area (Å²) in [6.45, 7) is 1.99. The van der Waals surface area contributed by atoms with Crippen molar-refractivity contribution in [3.63, 3.8) is 0 Å². The molecule has 0 aliphatic rings. The maximum absolute atomic E-state index is 12.8. The highest BCUT2D eigenvalue weighted by Crippen LogP contribution is 2.26. The summed E-state index contributed by atoms with van der Waals surface area (Å²) < 4.78 is 7.12. The molecule has 2 aromatic heterocycles. The van der Waals surface area contributed by atoms with Crippen LogP contribution in [-0.4, -0.2) is 20.9 Å². The Morgan fingerprint density at radius 3 is 2.46 bits per heavy atom. The Labute approximate surface area is 150 Å². The average molecular weight is 344 g/mol. The van der Waals surface area contributed by atoms with E-state index in [9.17, 15) is 4.79 Å². The predicted molar refractivity (Wildman–Crippen MR) is 98.2 cm³/mol. The Bertz CT molecular complexity index is 1020. The van der Waals surface area contributed by atoms with Crippen molar-refractivity contribution in [2.75, 3.05) is 5.32 Å². The third kappa shape index (κ3) is 3.00. The van der Waals surface area contributed by atoms with E-state index in [-0.39, 0.29) is 11.6 Å². The molecule has 0 aliphatic heterocycles. The lowest BCUT2D eigenvalue weighted by Gasteiger charge is -2.07. The van der Waals surface area contributed by atoms with E-state index in [0.717, 1.165) is 11.3 Å². The van der Waals surface area contributed by atoms with Crippen LogP contribution in [0.5, 0.6) is 0 Å². The molecule has 128 valence electrons. The third-order valence-electron chi connectivity index (χ3n) is 3.95. The number of anilines is 1. The summed E-state index contributed by atoms with van der Waals surface area (Å²) >= 11 is 0. The zero-order chi connectivity index (χ0) is 17.9. The first-order valence-corrected chi connectivity index (χ1v) is 8.15. The Morgan fingerprint density at radius 1 is 1.00 bits per heavy atom. The molecule has 2 heterocycles. The van der Waals surface area contributed by atoms with E-state index >= 15 is 0 Å². The van der Waals surface area contributed by atoms with Crippen LogP contribution in [-0.2, 0) is 0 Å². The van der Waals surface area contributed by atoms with Crippen molar-refractivity contribution in [3.05, 3.63) is 84.3 Å². The fourth-order valence-electron chi connectivity index (χ4n) is 2.65. The van der Waals surface area contributed by atoms with Gasteiger partial charge in [0, 0.05) is 5.69 Å². The van der Waals surface area contributed by atoms with Crippen LogP contribution in [0, 0.1) is 6.92 Å². The predicted octanol–water partition coefficient (Wildman–Crippen LogP) is 4.09. The standard InChI is InChI=1S/C20H16N4O2/c1-14-9-11-15(12-10-14)21-20(25)18-19(17-8-5-13-26-17)24(23-22-18)16-6-3-2-4-7-16/h2-13H,1H3,(H,21,25). The highest BCUT2D eigenvalue weighted by atomic mass is 16.3. The van der Waals surface area contributed by atoms with Crippen LogP contribution in [0.4, 0.5) is 5.69 Å². The van der Waals surface area contributed by atoms with Crippen LogP contribution >= 0.6 is 0 Å². The van der Waals surface area contributed by atoms with Crippen LogP contribution in [0.2, 0.25) is 0 Å². The molecule has 0 aliphatic carbocycles. The van der Waals surface area contributed by atoms with Crippen molar-refractivity contribution in [3.8, 4) is 17.1 Å². The lowest BCUT2D eigenvalue weighted by atomic mass is 10.2. The third-order valence-corrected chi connectivity index (χ3v) is 3.95. The number of aromatic nitrogens is 3. The lowest BCUT2D eigenvalue weighted by Crippen LogP contribution is -2.14. The number of aryl methyl sites for hydroxylation is 1. The van der Waals surface area contributed by atoms with Gasteiger partial charge in [0.15, 0.2) is 11.5 Å². The first-order valence-electron chi connectivity index (χ1n) is 8.15. The van der Waals surface area contributed by atoms with E-state index in [1.54, 1.807) is 23.1 Å². The number of rotatable bonds is 4. The van der Waals surface area contributed by atoms with Crippen molar-refractivity contribution in [2.24, 2.45) is 0 Å². The Kier molecular flexibility index (Phi) is 4.07. The minimum Gasteiger partial charge on any atom is -0.463 e. The monoisotopic (exact) mass is 344 g/mol. The summed E-state index contributed by atoms with van der Waals surface area (Å²) in [5.41, 5.74) is 3.31. The molecule has 0 saturated heterocycles. The van der Waals surface area contributed by atoms with Gasteiger partial charge in [-0.3, -0.25) is 4.79 Å². The molecule has 6 heteroatoms. The van der Waals surface area contributed by atoms with E-state index in [2.05, 4.69) is 15.6 Å². The molecule has 4 aromatic rings. The van der Waals surface area contributed by atoms with E-state index in [1.807, 2.05) is 61.5 Å². The van der Waals surface area contributed by atoms with Gasteiger partial charge in [0.25, 0.3) is 5.91 Å². The summed E-state index contributed by atoms with van der Waals surface area (Å²) in [7, 11) is 0. The number of carbonyl (C=O) groups excluding carboxylic acids is 1.